The van der Waals surface area contributed by atoms with Crippen molar-refractivity contribution in [3.8, 4) is 11.5 Å². The van der Waals surface area contributed by atoms with E-state index < -0.39 is 0 Å². The Hall–Kier alpha value is -2.47. The van der Waals surface area contributed by atoms with Gasteiger partial charge in [0.1, 0.15) is 0 Å². The summed E-state index contributed by atoms with van der Waals surface area (Å²) in [6.45, 7) is 2.53. The highest BCUT2D eigenvalue weighted by atomic mass is 16.7. The highest BCUT2D eigenvalue weighted by Crippen LogP contribution is 2.40. The van der Waals surface area contributed by atoms with E-state index in [-0.39, 0.29) is 12.2 Å². The van der Waals surface area contributed by atoms with E-state index >= 15 is 0 Å². The van der Waals surface area contributed by atoms with Crippen LogP contribution < -0.4 is 14.8 Å². The summed E-state index contributed by atoms with van der Waals surface area (Å²) in [7, 11) is 1.77. The first-order valence-electron chi connectivity index (χ1n) is 8.53. The summed E-state index contributed by atoms with van der Waals surface area (Å²) in [5, 5.41) is 3.48. The zero-order chi connectivity index (χ0) is 17.1. The molecule has 1 aromatic carbocycles. The van der Waals surface area contributed by atoms with Crippen LogP contribution in [0.4, 0.5) is 0 Å². The Bertz CT molecular complexity index is 749. The molecule has 1 saturated heterocycles. The Kier molecular flexibility index (Phi) is 4.36. The van der Waals surface area contributed by atoms with E-state index in [0.717, 1.165) is 55.7 Å². The lowest BCUT2D eigenvalue weighted by Gasteiger charge is -2.38. The van der Waals surface area contributed by atoms with Crippen molar-refractivity contribution in [2.24, 2.45) is 4.99 Å². The predicted octanol–water partition coefficient (Wildman–Crippen LogP) is 2.72. The maximum absolute atomic E-state index is 5.61. The SMILES string of the molecule is CN=C(NCC1(c2ccc3c(c2)OCO3)CCOCC1)c1ccco1. The fourth-order valence-electron chi connectivity index (χ4n) is 3.50. The zero-order valence-corrected chi connectivity index (χ0v) is 14.3. The van der Waals surface area contributed by atoms with Gasteiger partial charge in [0.05, 0.1) is 6.26 Å². The monoisotopic (exact) mass is 342 g/mol. The molecule has 0 bridgehead atoms. The van der Waals surface area contributed by atoms with Crippen molar-refractivity contribution in [1.82, 2.24) is 5.32 Å². The Labute approximate surface area is 146 Å². The third-order valence-corrected chi connectivity index (χ3v) is 5.01. The highest BCUT2D eigenvalue weighted by molar-refractivity contribution is 5.96. The van der Waals surface area contributed by atoms with Gasteiger partial charge in [-0.2, -0.15) is 0 Å². The van der Waals surface area contributed by atoms with Crippen LogP contribution in [0.3, 0.4) is 0 Å². The van der Waals surface area contributed by atoms with Crippen LogP contribution in [0.25, 0.3) is 0 Å². The summed E-state index contributed by atoms with van der Waals surface area (Å²) < 4.78 is 22.1. The van der Waals surface area contributed by atoms with Crippen LogP contribution >= 0.6 is 0 Å². The van der Waals surface area contributed by atoms with E-state index in [2.05, 4.69) is 22.4 Å². The molecule has 2 aliphatic rings. The van der Waals surface area contributed by atoms with E-state index in [9.17, 15) is 0 Å². The second-order valence-corrected chi connectivity index (χ2v) is 6.36. The Balaban J connectivity index is 1.59. The molecule has 132 valence electrons. The molecule has 0 amide bonds. The number of benzene rings is 1. The van der Waals surface area contributed by atoms with Gasteiger partial charge < -0.3 is 23.9 Å². The molecule has 1 aromatic heterocycles. The van der Waals surface area contributed by atoms with Crippen molar-refractivity contribution in [2.45, 2.75) is 18.3 Å². The number of ether oxygens (including phenoxy) is 3. The molecule has 1 N–H and O–H groups in total. The van der Waals surface area contributed by atoms with Crippen molar-refractivity contribution in [3.63, 3.8) is 0 Å². The normalized spacial score (nSPS) is 19.0. The van der Waals surface area contributed by atoms with Crippen molar-refractivity contribution in [1.29, 1.82) is 0 Å². The Morgan fingerprint density at radius 1 is 1.16 bits per heavy atom. The number of fused-ring (bicyclic) bond motifs is 1. The van der Waals surface area contributed by atoms with Crippen LogP contribution in [0.15, 0.2) is 46.0 Å². The van der Waals surface area contributed by atoms with Gasteiger partial charge in [0.2, 0.25) is 6.79 Å². The summed E-state index contributed by atoms with van der Waals surface area (Å²) in [4.78, 5) is 4.33. The lowest BCUT2D eigenvalue weighted by atomic mass is 9.74. The molecule has 0 radical (unpaired) electrons. The number of hydrogen-bond donors (Lipinski definition) is 1. The first kappa shape index (κ1) is 16.0. The number of nitrogens with one attached hydrogen (secondary N) is 1. The van der Waals surface area contributed by atoms with Crippen molar-refractivity contribution in [3.05, 3.63) is 47.9 Å². The molecule has 3 heterocycles. The van der Waals surface area contributed by atoms with E-state index in [4.69, 9.17) is 18.6 Å². The molecule has 0 unspecified atom stereocenters. The number of amidine groups is 1. The molecule has 0 spiro atoms. The summed E-state index contributed by atoms with van der Waals surface area (Å²) >= 11 is 0. The Morgan fingerprint density at radius 3 is 2.76 bits per heavy atom. The second kappa shape index (κ2) is 6.80. The second-order valence-electron chi connectivity index (χ2n) is 6.36. The number of rotatable bonds is 4. The van der Waals surface area contributed by atoms with E-state index in [0.29, 0.717) is 0 Å². The van der Waals surface area contributed by atoms with Gasteiger partial charge in [-0.15, -0.1) is 0 Å². The molecule has 2 aromatic rings. The predicted molar refractivity (Wildman–Crippen MR) is 93.5 cm³/mol. The lowest BCUT2D eigenvalue weighted by molar-refractivity contribution is 0.0514. The fourth-order valence-corrected chi connectivity index (χ4v) is 3.50. The molecule has 1 fully saturated rings. The lowest BCUT2D eigenvalue weighted by Crippen LogP contribution is -2.44. The van der Waals surface area contributed by atoms with Gasteiger partial charge in [-0.1, -0.05) is 6.07 Å². The minimum absolute atomic E-state index is 0.0399. The summed E-state index contributed by atoms with van der Waals surface area (Å²) in [6.07, 6.45) is 3.54. The molecule has 25 heavy (non-hydrogen) atoms. The summed E-state index contributed by atoms with van der Waals surface area (Å²) in [6, 6.07) is 10.0. The molecule has 2 aliphatic heterocycles. The largest absolute Gasteiger partial charge is 0.461 e. The minimum Gasteiger partial charge on any atom is -0.461 e. The van der Waals surface area contributed by atoms with Gasteiger partial charge in [0.15, 0.2) is 23.1 Å². The quantitative estimate of drug-likeness (QED) is 0.684. The summed E-state index contributed by atoms with van der Waals surface area (Å²) in [5.41, 5.74) is 1.20. The van der Waals surface area contributed by atoms with Crippen LogP contribution in [-0.2, 0) is 10.2 Å². The molecule has 6 nitrogen and oxygen atoms in total. The van der Waals surface area contributed by atoms with Crippen LogP contribution in [0.2, 0.25) is 0 Å². The van der Waals surface area contributed by atoms with Gasteiger partial charge in [-0.3, -0.25) is 4.99 Å². The van der Waals surface area contributed by atoms with Crippen molar-refractivity contribution < 1.29 is 18.6 Å². The number of nitrogens with zero attached hydrogens (tertiary/aromatic N) is 1. The van der Waals surface area contributed by atoms with E-state index in [1.807, 2.05) is 18.2 Å². The van der Waals surface area contributed by atoms with Gasteiger partial charge in [0, 0.05) is 32.2 Å². The van der Waals surface area contributed by atoms with Gasteiger partial charge in [-0.25, -0.2) is 0 Å². The average Bonchev–Trinajstić information content (AvgIpc) is 3.34. The number of aliphatic imine (C=N–C) groups is 1. The van der Waals surface area contributed by atoms with Crippen molar-refractivity contribution in [2.75, 3.05) is 33.6 Å². The first-order valence-corrected chi connectivity index (χ1v) is 8.53. The molecule has 6 heteroatoms. The third-order valence-electron chi connectivity index (χ3n) is 5.01. The van der Waals surface area contributed by atoms with Gasteiger partial charge >= 0.3 is 0 Å². The standard InChI is InChI=1S/C19H22N2O4/c1-20-18(16-3-2-8-23-16)21-12-19(6-9-22-10-7-19)14-4-5-15-17(11-14)25-13-24-15/h2-5,8,11H,6-7,9-10,12-13H2,1H3,(H,20,21). The van der Waals surface area contributed by atoms with Gasteiger partial charge in [-0.05, 0) is 42.7 Å². The van der Waals surface area contributed by atoms with Gasteiger partial charge in [0.25, 0.3) is 0 Å². The summed E-state index contributed by atoms with van der Waals surface area (Å²) in [5.74, 6) is 3.14. The number of furan rings is 1. The molecule has 0 saturated carbocycles. The van der Waals surface area contributed by atoms with Crippen LogP contribution in [0.5, 0.6) is 11.5 Å². The highest BCUT2D eigenvalue weighted by Gasteiger charge is 2.36. The topological polar surface area (TPSA) is 65.2 Å². The maximum Gasteiger partial charge on any atom is 0.231 e. The molecule has 0 aliphatic carbocycles. The third kappa shape index (κ3) is 3.09. The van der Waals surface area contributed by atoms with E-state index in [1.165, 1.54) is 5.56 Å². The fraction of sp³-hybridized carbons (Fsp3) is 0.421. The van der Waals surface area contributed by atoms with Crippen molar-refractivity contribution >= 4 is 5.84 Å². The minimum atomic E-state index is -0.0399. The van der Waals surface area contributed by atoms with Crippen LogP contribution in [-0.4, -0.2) is 39.4 Å². The van der Waals surface area contributed by atoms with Crippen LogP contribution in [0.1, 0.15) is 24.2 Å². The molecule has 0 atom stereocenters. The van der Waals surface area contributed by atoms with Crippen LogP contribution in [0, 0.1) is 0 Å². The molecule has 4 rings (SSSR count). The van der Waals surface area contributed by atoms with E-state index in [1.54, 1.807) is 13.3 Å². The first-order chi connectivity index (χ1) is 12.3. The molecular formula is C19H22N2O4. The smallest absolute Gasteiger partial charge is 0.231 e. The number of hydrogen-bond acceptors (Lipinski definition) is 5. The Morgan fingerprint density at radius 2 is 2.00 bits per heavy atom. The molecular weight excluding hydrogens is 320 g/mol. The maximum atomic E-state index is 5.61. The average molecular weight is 342 g/mol. The zero-order valence-electron chi connectivity index (χ0n) is 14.3.